The molecule has 2 aromatic carbocycles. The Hall–Kier alpha value is -3.06. The summed E-state index contributed by atoms with van der Waals surface area (Å²) in [6.07, 6.45) is 5.64. The number of rotatable bonds is 8. The second kappa shape index (κ2) is 12.3. The van der Waals surface area contributed by atoms with Gasteiger partial charge >= 0.3 is 0 Å². The van der Waals surface area contributed by atoms with Crippen LogP contribution in [-0.2, 0) is 9.59 Å². The predicted octanol–water partition coefficient (Wildman–Crippen LogP) is 5.15. The second-order valence-corrected chi connectivity index (χ2v) is 8.59. The Balaban J connectivity index is 1.52. The molecule has 0 unspecified atom stereocenters. The molecule has 176 valence electrons. The number of hydrogen-bond acceptors (Lipinski definition) is 4. The summed E-state index contributed by atoms with van der Waals surface area (Å²) in [5, 5.41) is 8.98. The summed E-state index contributed by atoms with van der Waals surface area (Å²) >= 11 is 6.19. The largest absolute Gasteiger partial charge is 0.376 e. The van der Waals surface area contributed by atoms with Gasteiger partial charge in [-0.15, -0.1) is 0 Å². The van der Waals surface area contributed by atoms with Crippen LogP contribution in [0.3, 0.4) is 0 Å². The predicted molar refractivity (Wildman–Crippen MR) is 133 cm³/mol. The minimum Gasteiger partial charge on any atom is -0.376 e. The molecule has 3 N–H and O–H groups in total. The molecule has 0 aliphatic carbocycles. The van der Waals surface area contributed by atoms with Crippen LogP contribution in [0.25, 0.3) is 0 Å². The monoisotopic (exact) mass is 470 g/mol. The lowest BCUT2D eigenvalue weighted by Gasteiger charge is -2.20. The Morgan fingerprint density at radius 2 is 1.55 bits per heavy atom. The van der Waals surface area contributed by atoms with Crippen molar-refractivity contribution < 1.29 is 14.4 Å². The van der Waals surface area contributed by atoms with Crippen molar-refractivity contribution in [3.05, 3.63) is 53.1 Å². The van der Waals surface area contributed by atoms with E-state index < -0.39 is 0 Å². The van der Waals surface area contributed by atoms with Crippen molar-refractivity contribution in [3.63, 3.8) is 0 Å². The fraction of sp³-hybridized carbons (Fsp3) is 0.400. The van der Waals surface area contributed by atoms with E-state index in [0.717, 1.165) is 38.0 Å². The number of halogens is 1. The zero-order valence-electron chi connectivity index (χ0n) is 19.0. The molecular weight excluding hydrogens is 440 g/mol. The number of carbonyl (C=O) groups excluding carboxylic acids is 3. The molecule has 0 radical (unpaired) electrons. The van der Waals surface area contributed by atoms with Crippen molar-refractivity contribution in [2.24, 2.45) is 0 Å². The van der Waals surface area contributed by atoms with Gasteiger partial charge in [0.1, 0.15) is 0 Å². The normalized spacial score (nSPS) is 13.7. The summed E-state index contributed by atoms with van der Waals surface area (Å²) in [6.45, 7) is 3.58. The highest BCUT2D eigenvalue weighted by Gasteiger charge is 2.17. The lowest BCUT2D eigenvalue weighted by atomic mass is 10.1. The minimum absolute atomic E-state index is 0.0299. The summed E-state index contributed by atoms with van der Waals surface area (Å²) in [5.74, 6) is -0.308. The van der Waals surface area contributed by atoms with Gasteiger partial charge in [-0.25, -0.2) is 0 Å². The van der Waals surface area contributed by atoms with Gasteiger partial charge in [0.2, 0.25) is 11.8 Å². The molecule has 7 nitrogen and oxygen atoms in total. The Labute approximate surface area is 199 Å². The number of carbonyl (C=O) groups is 3. The van der Waals surface area contributed by atoms with E-state index in [4.69, 9.17) is 11.6 Å². The topological polar surface area (TPSA) is 90.5 Å². The van der Waals surface area contributed by atoms with E-state index in [1.54, 1.807) is 42.5 Å². The third-order valence-corrected chi connectivity index (χ3v) is 5.81. The summed E-state index contributed by atoms with van der Waals surface area (Å²) in [6, 6.07) is 12.1. The SMILES string of the molecule is CCCC(=O)Nc1ccc(Cl)c(NC(=O)CNc2ccc(C(=O)N3CCCCCC3)cc2)c1. The van der Waals surface area contributed by atoms with Gasteiger partial charge in [-0.2, -0.15) is 0 Å². The zero-order valence-corrected chi connectivity index (χ0v) is 19.7. The van der Waals surface area contributed by atoms with E-state index in [1.807, 2.05) is 11.8 Å². The maximum absolute atomic E-state index is 12.7. The Bertz CT molecular complexity index is 970. The molecule has 1 saturated heterocycles. The van der Waals surface area contributed by atoms with E-state index in [9.17, 15) is 14.4 Å². The lowest BCUT2D eigenvalue weighted by Crippen LogP contribution is -2.31. The van der Waals surface area contributed by atoms with E-state index in [2.05, 4.69) is 16.0 Å². The molecule has 1 fully saturated rings. The number of amides is 3. The van der Waals surface area contributed by atoms with Crippen LogP contribution in [0.1, 0.15) is 55.8 Å². The zero-order chi connectivity index (χ0) is 23.6. The molecule has 1 aliphatic rings. The summed E-state index contributed by atoms with van der Waals surface area (Å²) in [5.41, 5.74) is 2.40. The molecule has 0 aromatic heterocycles. The molecule has 1 heterocycles. The first-order valence-corrected chi connectivity index (χ1v) is 11.9. The van der Waals surface area contributed by atoms with Crippen LogP contribution in [0.2, 0.25) is 5.02 Å². The van der Waals surface area contributed by atoms with Crippen molar-refractivity contribution in [1.82, 2.24) is 4.90 Å². The summed E-state index contributed by atoms with van der Waals surface area (Å²) < 4.78 is 0. The van der Waals surface area contributed by atoms with Gasteiger partial charge in [0, 0.05) is 36.4 Å². The first kappa shape index (κ1) is 24.6. The Morgan fingerprint density at radius 1 is 0.879 bits per heavy atom. The fourth-order valence-corrected chi connectivity index (χ4v) is 3.88. The molecule has 3 rings (SSSR count). The molecule has 33 heavy (non-hydrogen) atoms. The fourth-order valence-electron chi connectivity index (χ4n) is 3.71. The molecular formula is C25H31ClN4O3. The van der Waals surface area contributed by atoms with Crippen molar-refractivity contribution in [2.45, 2.75) is 45.4 Å². The smallest absolute Gasteiger partial charge is 0.253 e. The average Bonchev–Trinajstić information content (AvgIpc) is 3.10. The quantitative estimate of drug-likeness (QED) is 0.498. The van der Waals surface area contributed by atoms with Crippen LogP contribution in [-0.4, -0.2) is 42.3 Å². The number of benzene rings is 2. The van der Waals surface area contributed by atoms with Crippen LogP contribution < -0.4 is 16.0 Å². The molecule has 0 bridgehead atoms. The maximum atomic E-state index is 12.7. The van der Waals surface area contributed by atoms with E-state index >= 15 is 0 Å². The van der Waals surface area contributed by atoms with Crippen LogP contribution in [0, 0.1) is 0 Å². The average molecular weight is 471 g/mol. The molecule has 3 amide bonds. The molecule has 2 aromatic rings. The maximum Gasteiger partial charge on any atom is 0.253 e. The Morgan fingerprint density at radius 3 is 2.21 bits per heavy atom. The van der Waals surface area contributed by atoms with Crippen LogP contribution in [0.5, 0.6) is 0 Å². The van der Waals surface area contributed by atoms with E-state index in [1.165, 1.54) is 12.8 Å². The first-order valence-electron chi connectivity index (χ1n) is 11.5. The van der Waals surface area contributed by atoms with Gasteiger partial charge in [-0.3, -0.25) is 14.4 Å². The third kappa shape index (κ3) is 7.49. The third-order valence-electron chi connectivity index (χ3n) is 5.48. The number of hydrogen-bond donors (Lipinski definition) is 3. The van der Waals surface area contributed by atoms with Gasteiger partial charge in [0.15, 0.2) is 0 Å². The minimum atomic E-state index is -0.279. The summed E-state index contributed by atoms with van der Waals surface area (Å²) in [7, 11) is 0. The molecule has 8 heteroatoms. The van der Waals surface area contributed by atoms with Gasteiger partial charge in [-0.05, 0) is 61.7 Å². The molecule has 1 aliphatic heterocycles. The summed E-state index contributed by atoms with van der Waals surface area (Å²) in [4.78, 5) is 38.8. The standard InChI is InChI=1S/C25H31ClN4O3/c1-2-7-23(31)28-20-12-13-21(26)22(16-20)29-24(32)17-27-19-10-8-18(9-11-19)25(33)30-14-5-3-4-6-15-30/h8-13,16,27H,2-7,14-15,17H2,1H3,(H,28,31)(H,29,32). The van der Waals surface area contributed by atoms with E-state index in [0.29, 0.717) is 28.4 Å². The molecule has 0 atom stereocenters. The highest BCUT2D eigenvalue weighted by Crippen LogP contribution is 2.26. The number of likely N-dealkylation sites (tertiary alicyclic amines) is 1. The van der Waals surface area contributed by atoms with Crippen molar-refractivity contribution in [3.8, 4) is 0 Å². The lowest BCUT2D eigenvalue weighted by molar-refractivity contribution is -0.116. The van der Waals surface area contributed by atoms with Gasteiger partial charge in [0.05, 0.1) is 17.3 Å². The van der Waals surface area contributed by atoms with E-state index in [-0.39, 0.29) is 24.3 Å². The number of nitrogens with one attached hydrogen (secondary N) is 3. The molecule has 0 spiro atoms. The van der Waals surface area contributed by atoms with Crippen molar-refractivity contribution in [2.75, 3.05) is 35.6 Å². The highest BCUT2D eigenvalue weighted by molar-refractivity contribution is 6.33. The van der Waals surface area contributed by atoms with Gasteiger partial charge < -0.3 is 20.9 Å². The molecule has 0 saturated carbocycles. The Kier molecular flexibility index (Phi) is 9.13. The van der Waals surface area contributed by atoms with Gasteiger partial charge in [0.25, 0.3) is 5.91 Å². The van der Waals surface area contributed by atoms with Crippen molar-refractivity contribution in [1.29, 1.82) is 0 Å². The number of anilines is 3. The van der Waals surface area contributed by atoms with Gasteiger partial charge in [-0.1, -0.05) is 31.4 Å². The van der Waals surface area contributed by atoms with Crippen molar-refractivity contribution >= 4 is 46.4 Å². The number of nitrogens with zero attached hydrogens (tertiary/aromatic N) is 1. The second-order valence-electron chi connectivity index (χ2n) is 8.18. The van der Waals surface area contributed by atoms with Crippen LogP contribution in [0.4, 0.5) is 17.1 Å². The van der Waals surface area contributed by atoms with Crippen LogP contribution in [0.15, 0.2) is 42.5 Å². The highest BCUT2D eigenvalue weighted by atomic mass is 35.5. The first-order chi connectivity index (χ1) is 16.0. The van der Waals surface area contributed by atoms with Crippen LogP contribution >= 0.6 is 11.6 Å².